The first-order chi connectivity index (χ1) is 12.5. The number of hydrogen-bond acceptors (Lipinski definition) is 5. The molecule has 3 aromatic carbocycles. The maximum atomic E-state index is 9.48. The van der Waals surface area contributed by atoms with E-state index in [-0.39, 0.29) is 11.5 Å². The number of fused-ring (bicyclic) bond motifs is 1. The summed E-state index contributed by atoms with van der Waals surface area (Å²) in [5.41, 5.74) is 1.35. The van der Waals surface area contributed by atoms with E-state index in [1.54, 1.807) is 48.7 Å². The number of aliphatic imine (C=N–C) groups is 1. The van der Waals surface area contributed by atoms with Gasteiger partial charge in [0.05, 0.1) is 17.5 Å². The second kappa shape index (κ2) is 6.28. The highest BCUT2D eigenvalue weighted by Crippen LogP contribution is 2.41. The van der Waals surface area contributed by atoms with E-state index in [1.165, 1.54) is 24.3 Å². The molecule has 0 atom stereocenters. The fraction of sp³-hybridized carbons (Fsp3) is 0.0500. The standard InChI is InChI=1S/C20H14ClNO4/c21-13-1-10-19-18(11-13)20(12-22-19,25-16-6-2-14(23)3-7-16)26-17-8-4-15(24)5-9-17/h1-12,23-24H. The van der Waals surface area contributed by atoms with Crippen LogP contribution in [0.1, 0.15) is 5.56 Å². The van der Waals surface area contributed by atoms with Crippen LogP contribution in [0.25, 0.3) is 0 Å². The molecule has 3 aromatic rings. The number of nitrogens with zero attached hydrogens (tertiary/aromatic N) is 1. The van der Waals surface area contributed by atoms with Crippen LogP contribution in [0.3, 0.4) is 0 Å². The van der Waals surface area contributed by atoms with Gasteiger partial charge in [-0.25, -0.2) is 0 Å². The van der Waals surface area contributed by atoms with Gasteiger partial charge < -0.3 is 19.7 Å². The summed E-state index contributed by atoms with van der Waals surface area (Å²) in [5.74, 6) is -0.0840. The Kier molecular flexibility index (Phi) is 3.93. The number of benzene rings is 3. The van der Waals surface area contributed by atoms with Crippen molar-refractivity contribution in [2.45, 2.75) is 5.79 Å². The molecule has 130 valence electrons. The number of phenolic OH excluding ortho intramolecular Hbond substituents is 2. The predicted octanol–water partition coefficient (Wildman–Crippen LogP) is 4.78. The lowest BCUT2D eigenvalue weighted by Crippen LogP contribution is -2.39. The van der Waals surface area contributed by atoms with E-state index in [4.69, 9.17) is 21.1 Å². The van der Waals surface area contributed by atoms with Crippen molar-refractivity contribution in [3.05, 3.63) is 77.3 Å². The summed E-state index contributed by atoms with van der Waals surface area (Å²) in [6.07, 6.45) is 1.56. The van der Waals surface area contributed by atoms with Crippen molar-refractivity contribution in [2.24, 2.45) is 4.99 Å². The maximum absolute atomic E-state index is 9.48. The van der Waals surface area contributed by atoms with E-state index >= 15 is 0 Å². The second-order valence-corrected chi connectivity index (χ2v) is 6.22. The Morgan fingerprint density at radius 2 is 1.31 bits per heavy atom. The third-order valence-corrected chi connectivity index (χ3v) is 4.16. The molecular weight excluding hydrogens is 354 g/mol. The molecule has 1 aliphatic heterocycles. The highest BCUT2D eigenvalue weighted by molar-refractivity contribution is 6.30. The summed E-state index contributed by atoms with van der Waals surface area (Å²) >= 11 is 6.17. The van der Waals surface area contributed by atoms with Gasteiger partial charge in [-0.05, 0) is 66.7 Å². The van der Waals surface area contributed by atoms with Gasteiger partial charge in [-0.3, -0.25) is 4.99 Å². The molecule has 4 rings (SSSR count). The molecule has 0 fully saturated rings. The minimum absolute atomic E-state index is 0.134. The first-order valence-electron chi connectivity index (χ1n) is 7.85. The Hall–Kier alpha value is -3.18. The molecule has 0 unspecified atom stereocenters. The zero-order valence-electron chi connectivity index (χ0n) is 13.5. The Morgan fingerprint density at radius 3 is 1.85 bits per heavy atom. The van der Waals surface area contributed by atoms with Gasteiger partial charge in [0.2, 0.25) is 0 Å². The number of phenols is 2. The maximum Gasteiger partial charge on any atom is 0.317 e. The fourth-order valence-corrected chi connectivity index (χ4v) is 2.86. The summed E-state index contributed by atoms with van der Waals surface area (Å²) in [6, 6.07) is 17.9. The first-order valence-corrected chi connectivity index (χ1v) is 8.23. The van der Waals surface area contributed by atoms with Crippen molar-refractivity contribution in [3.8, 4) is 23.0 Å². The van der Waals surface area contributed by atoms with Gasteiger partial charge in [-0.1, -0.05) is 11.6 Å². The summed E-state index contributed by atoms with van der Waals surface area (Å²) in [4.78, 5) is 4.39. The topological polar surface area (TPSA) is 71.3 Å². The van der Waals surface area contributed by atoms with Crippen molar-refractivity contribution < 1.29 is 19.7 Å². The normalized spacial score (nSPS) is 14.0. The molecule has 0 aliphatic carbocycles. The molecule has 0 radical (unpaired) electrons. The van der Waals surface area contributed by atoms with Crippen LogP contribution in [0.4, 0.5) is 5.69 Å². The Labute approximate surface area is 154 Å². The molecule has 0 saturated heterocycles. The van der Waals surface area contributed by atoms with Crippen LogP contribution in [0.2, 0.25) is 5.02 Å². The van der Waals surface area contributed by atoms with E-state index in [0.717, 1.165) is 0 Å². The van der Waals surface area contributed by atoms with Crippen molar-refractivity contribution in [1.82, 2.24) is 0 Å². The van der Waals surface area contributed by atoms with Crippen LogP contribution in [0.15, 0.2) is 71.7 Å². The average molecular weight is 368 g/mol. The Morgan fingerprint density at radius 1 is 0.769 bits per heavy atom. The summed E-state index contributed by atoms with van der Waals surface area (Å²) in [5, 5.41) is 19.5. The zero-order chi connectivity index (χ0) is 18.1. The largest absolute Gasteiger partial charge is 0.508 e. The van der Waals surface area contributed by atoms with Gasteiger partial charge in [0.15, 0.2) is 0 Å². The van der Waals surface area contributed by atoms with Crippen LogP contribution in [-0.4, -0.2) is 16.4 Å². The number of aromatic hydroxyl groups is 2. The van der Waals surface area contributed by atoms with E-state index in [1.807, 2.05) is 0 Å². The summed E-state index contributed by atoms with van der Waals surface area (Å²) in [7, 11) is 0. The van der Waals surface area contributed by atoms with Crippen molar-refractivity contribution >= 4 is 23.5 Å². The molecule has 0 aromatic heterocycles. The van der Waals surface area contributed by atoms with Gasteiger partial charge in [-0.2, -0.15) is 0 Å². The lowest BCUT2D eigenvalue weighted by molar-refractivity contribution is -0.0503. The predicted molar refractivity (Wildman–Crippen MR) is 98.8 cm³/mol. The molecule has 1 aliphatic rings. The Balaban J connectivity index is 1.77. The highest BCUT2D eigenvalue weighted by Gasteiger charge is 2.42. The molecule has 6 heteroatoms. The lowest BCUT2D eigenvalue weighted by atomic mass is 10.1. The summed E-state index contributed by atoms with van der Waals surface area (Å²) < 4.78 is 12.3. The number of ether oxygens (including phenoxy) is 2. The number of hydrogen-bond donors (Lipinski definition) is 2. The van der Waals surface area contributed by atoms with Crippen LogP contribution >= 0.6 is 11.6 Å². The molecule has 26 heavy (non-hydrogen) atoms. The lowest BCUT2D eigenvalue weighted by Gasteiger charge is -2.29. The van der Waals surface area contributed by atoms with E-state index in [9.17, 15) is 10.2 Å². The highest BCUT2D eigenvalue weighted by atomic mass is 35.5. The van der Waals surface area contributed by atoms with E-state index in [2.05, 4.69) is 4.99 Å². The van der Waals surface area contributed by atoms with Crippen LogP contribution < -0.4 is 9.47 Å². The molecular formula is C20H14ClNO4. The minimum atomic E-state index is -1.33. The minimum Gasteiger partial charge on any atom is -0.508 e. The number of halogens is 1. The smallest absolute Gasteiger partial charge is 0.317 e. The van der Waals surface area contributed by atoms with Gasteiger partial charge in [0.1, 0.15) is 23.0 Å². The molecule has 5 nitrogen and oxygen atoms in total. The second-order valence-electron chi connectivity index (χ2n) is 5.78. The molecule has 0 spiro atoms. The average Bonchev–Trinajstić information content (AvgIpc) is 2.97. The first kappa shape index (κ1) is 16.3. The van der Waals surface area contributed by atoms with Crippen molar-refractivity contribution in [2.75, 3.05) is 0 Å². The van der Waals surface area contributed by atoms with Crippen LogP contribution in [0, 0.1) is 0 Å². The molecule has 0 bridgehead atoms. The van der Waals surface area contributed by atoms with Crippen molar-refractivity contribution in [3.63, 3.8) is 0 Å². The quantitative estimate of drug-likeness (QED) is 0.651. The Bertz CT molecular complexity index is 921. The summed E-state index contributed by atoms with van der Waals surface area (Å²) in [6.45, 7) is 0. The molecule has 0 amide bonds. The molecule has 0 saturated carbocycles. The van der Waals surface area contributed by atoms with Gasteiger partial charge in [0, 0.05) is 5.02 Å². The van der Waals surface area contributed by atoms with E-state index < -0.39 is 5.79 Å². The van der Waals surface area contributed by atoms with E-state index in [0.29, 0.717) is 27.8 Å². The number of rotatable bonds is 4. The van der Waals surface area contributed by atoms with Crippen LogP contribution in [-0.2, 0) is 5.79 Å². The third kappa shape index (κ3) is 3.05. The molecule has 1 heterocycles. The SMILES string of the molecule is Oc1ccc(OC2(Oc3ccc(O)cc3)C=Nc3ccc(Cl)cc32)cc1. The third-order valence-electron chi connectivity index (χ3n) is 3.92. The van der Waals surface area contributed by atoms with Crippen LogP contribution in [0.5, 0.6) is 23.0 Å². The monoisotopic (exact) mass is 367 g/mol. The van der Waals surface area contributed by atoms with Gasteiger partial charge in [0.25, 0.3) is 0 Å². The van der Waals surface area contributed by atoms with Gasteiger partial charge in [-0.15, -0.1) is 0 Å². The van der Waals surface area contributed by atoms with Gasteiger partial charge >= 0.3 is 5.79 Å². The van der Waals surface area contributed by atoms with Crippen molar-refractivity contribution in [1.29, 1.82) is 0 Å². The zero-order valence-corrected chi connectivity index (χ0v) is 14.2. The fourth-order valence-electron chi connectivity index (χ4n) is 2.69. The molecule has 2 N–H and O–H groups in total.